The summed E-state index contributed by atoms with van der Waals surface area (Å²) in [6.07, 6.45) is 5.65. The second kappa shape index (κ2) is 13.1. The van der Waals surface area contributed by atoms with E-state index in [-0.39, 0.29) is 11.7 Å². The van der Waals surface area contributed by atoms with Crippen molar-refractivity contribution in [3.8, 4) is 5.75 Å². The van der Waals surface area contributed by atoms with E-state index in [0.717, 1.165) is 67.8 Å². The van der Waals surface area contributed by atoms with Crippen LogP contribution >= 0.6 is 0 Å². The number of ether oxygens (including phenoxy) is 1. The van der Waals surface area contributed by atoms with Gasteiger partial charge in [-0.2, -0.15) is 0 Å². The molecule has 1 amide bonds. The monoisotopic (exact) mass is 520 g/mol. The van der Waals surface area contributed by atoms with Gasteiger partial charge in [0.25, 0.3) is 0 Å². The van der Waals surface area contributed by atoms with Crippen LogP contribution in [0.1, 0.15) is 30.2 Å². The number of piperazine rings is 1. The summed E-state index contributed by atoms with van der Waals surface area (Å²) in [5, 5.41) is 1.12. The number of fused-ring (bicyclic) bond motifs is 1. The number of benzene rings is 2. The predicted molar refractivity (Wildman–Crippen MR) is 153 cm³/mol. The van der Waals surface area contributed by atoms with Crippen LogP contribution in [-0.4, -0.2) is 85.1 Å². The van der Waals surface area contributed by atoms with E-state index in [1.54, 1.807) is 6.08 Å². The largest absolute Gasteiger partial charge is 0.494 e. The normalized spacial score (nSPS) is 14.7. The van der Waals surface area contributed by atoms with Gasteiger partial charge in [0.05, 0.1) is 6.61 Å². The Balaban J connectivity index is 1.41. The fraction of sp³-hybridized carbons (Fsp3) is 0.452. The maximum absolute atomic E-state index is 13.1. The number of carbonyl (C=O) groups is 1. The fourth-order valence-electron chi connectivity index (χ4n) is 5.18. The molecule has 1 aromatic heterocycles. The molecule has 0 spiro atoms. The molecule has 2 aromatic carbocycles. The summed E-state index contributed by atoms with van der Waals surface area (Å²) in [7, 11) is 4.19. The van der Waals surface area contributed by atoms with Crippen molar-refractivity contribution in [3.63, 3.8) is 0 Å². The van der Waals surface area contributed by atoms with Crippen molar-refractivity contribution >= 4 is 22.9 Å². The molecule has 0 bridgehead atoms. The van der Waals surface area contributed by atoms with Gasteiger partial charge < -0.3 is 19.1 Å². The lowest BCUT2D eigenvalue weighted by Crippen LogP contribution is -2.48. The highest BCUT2D eigenvalue weighted by Crippen LogP contribution is 2.31. The minimum atomic E-state index is -0.201. The lowest BCUT2D eigenvalue weighted by Gasteiger charge is -2.34. The van der Waals surface area contributed by atoms with Crippen molar-refractivity contribution in [2.75, 3.05) is 60.0 Å². The van der Waals surface area contributed by atoms with Gasteiger partial charge in [-0.05, 0) is 89.3 Å². The van der Waals surface area contributed by atoms with Gasteiger partial charge in [0.2, 0.25) is 5.91 Å². The summed E-state index contributed by atoms with van der Waals surface area (Å²) in [5.74, 6) is 0.702. The van der Waals surface area contributed by atoms with Crippen LogP contribution < -0.4 is 4.74 Å². The summed E-state index contributed by atoms with van der Waals surface area (Å²) < 4.78 is 21.3. The molecule has 2 heterocycles. The number of nitrogens with zero attached hydrogens (tertiary/aromatic N) is 4. The molecule has 0 unspecified atom stereocenters. The molecule has 38 heavy (non-hydrogen) atoms. The number of hydrogen-bond acceptors (Lipinski definition) is 4. The topological polar surface area (TPSA) is 41.0 Å². The fourth-order valence-corrected chi connectivity index (χ4v) is 5.18. The zero-order valence-corrected chi connectivity index (χ0v) is 23.3. The first kappa shape index (κ1) is 27.9. The number of amides is 1. The molecule has 1 aliphatic rings. The van der Waals surface area contributed by atoms with Crippen LogP contribution in [0.4, 0.5) is 4.39 Å². The molecule has 0 radical (unpaired) electrons. The zero-order chi connectivity index (χ0) is 27.1. The van der Waals surface area contributed by atoms with E-state index in [1.807, 2.05) is 36.1 Å². The highest BCUT2D eigenvalue weighted by Gasteiger charge is 2.20. The van der Waals surface area contributed by atoms with E-state index in [1.165, 1.54) is 23.3 Å². The molecule has 0 aliphatic carbocycles. The van der Waals surface area contributed by atoms with Crippen LogP contribution in [0, 0.1) is 12.7 Å². The van der Waals surface area contributed by atoms with Crippen molar-refractivity contribution < 1.29 is 13.9 Å². The summed E-state index contributed by atoms with van der Waals surface area (Å²) in [4.78, 5) is 19.6. The summed E-state index contributed by atoms with van der Waals surface area (Å²) >= 11 is 0. The Morgan fingerprint density at radius 3 is 2.47 bits per heavy atom. The zero-order valence-electron chi connectivity index (χ0n) is 23.3. The van der Waals surface area contributed by atoms with Crippen LogP contribution in [0.5, 0.6) is 5.75 Å². The average molecular weight is 521 g/mol. The lowest BCUT2D eigenvalue weighted by molar-refractivity contribution is -0.127. The third-order valence-corrected chi connectivity index (χ3v) is 7.35. The van der Waals surface area contributed by atoms with Gasteiger partial charge in [-0.25, -0.2) is 4.39 Å². The highest BCUT2D eigenvalue weighted by molar-refractivity contribution is 5.98. The molecule has 4 rings (SSSR count). The number of rotatable bonds is 11. The van der Waals surface area contributed by atoms with E-state index >= 15 is 0 Å². The quantitative estimate of drug-likeness (QED) is 0.340. The van der Waals surface area contributed by atoms with Gasteiger partial charge in [0.1, 0.15) is 11.6 Å². The Labute approximate surface area is 226 Å². The Bertz CT molecular complexity index is 1240. The van der Waals surface area contributed by atoms with Crippen LogP contribution in [0.25, 0.3) is 17.0 Å². The Morgan fingerprint density at radius 2 is 1.79 bits per heavy atom. The van der Waals surface area contributed by atoms with Crippen molar-refractivity contribution in [1.82, 2.24) is 19.3 Å². The van der Waals surface area contributed by atoms with Crippen LogP contribution in [0.3, 0.4) is 0 Å². The maximum atomic E-state index is 13.1. The molecule has 6 nitrogen and oxygen atoms in total. The minimum Gasteiger partial charge on any atom is -0.494 e. The standard InChI is InChI=1S/C31H41FN4O2/c1-5-38-27-11-13-30-29(23-27)28(24(2)36(30)17-6-16-33(3)4)12-14-31(37)35-21-19-34(20-22-35)18-15-25-7-9-26(32)10-8-25/h7-14,23H,5-6,15-22H2,1-4H3/b14-12+. The molecular formula is C31H41FN4O2. The third-order valence-electron chi connectivity index (χ3n) is 7.35. The van der Waals surface area contributed by atoms with Gasteiger partial charge in [0, 0.05) is 67.5 Å². The van der Waals surface area contributed by atoms with Crippen molar-refractivity contribution in [3.05, 3.63) is 71.2 Å². The maximum Gasteiger partial charge on any atom is 0.246 e. The SMILES string of the molecule is CCOc1ccc2c(c1)c(/C=C/C(=O)N1CCN(CCc3ccc(F)cc3)CC1)c(C)n2CCCN(C)C. The molecule has 1 fully saturated rings. The number of halogens is 1. The molecule has 3 aromatic rings. The minimum absolute atomic E-state index is 0.0528. The molecule has 0 N–H and O–H groups in total. The van der Waals surface area contributed by atoms with Gasteiger partial charge >= 0.3 is 0 Å². The summed E-state index contributed by atoms with van der Waals surface area (Å²) in [6.45, 7) is 10.7. The Hall–Kier alpha value is -3.16. The Kier molecular flexibility index (Phi) is 9.58. The van der Waals surface area contributed by atoms with Crippen LogP contribution in [-0.2, 0) is 17.8 Å². The number of carbonyl (C=O) groups excluding carboxylic acids is 1. The van der Waals surface area contributed by atoms with E-state index in [0.29, 0.717) is 19.7 Å². The first-order valence-corrected chi connectivity index (χ1v) is 13.7. The summed E-state index contributed by atoms with van der Waals surface area (Å²) in [6, 6.07) is 13.0. The lowest BCUT2D eigenvalue weighted by atomic mass is 10.1. The molecule has 1 aliphatic heterocycles. The third kappa shape index (κ3) is 7.03. The molecule has 0 atom stereocenters. The van der Waals surface area contributed by atoms with E-state index in [4.69, 9.17) is 4.74 Å². The molecule has 204 valence electrons. The molecule has 7 heteroatoms. The number of hydrogen-bond donors (Lipinski definition) is 0. The molecule has 1 saturated heterocycles. The number of aryl methyl sites for hydroxylation is 1. The van der Waals surface area contributed by atoms with E-state index < -0.39 is 0 Å². The van der Waals surface area contributed by atoms with Gasteiger partial charge in [0.15, 0.2) is 0 Å². The Morgan fingerprint density at radius 1 is 1.05 bits per heavy atom. The van der Waals surface area contributed by atoms with Gasteiger partial charge in [-0.3, -0.25) is 9.69 Å². The van der Waals surface area contributed by atoms with Crippen molar-refractivity contribution in [2.45, 2.75) is 33.2 Å². The number of aromatic nitrogens is 1. The summed E-state index contributed by atoms with van der Waals surface area (Å²) in [5.41, 5.74) is 4.56. The highest BCUT2D eigenvalue weighted by atomic mass is 19.1. The van der Waals surface area contributed by atoms with Crippen molar-refractivity contribution in [2.24, 2.45) is 0 Å². The van der Waals surface area contributed by atoms with Crippen LogP contribution in [0.2, 0.25) is 0 Å². The first-order valence-electron chi connectivity index (χ1n) is 13.7. The first-order chi connectivity index (χ1) is 18.4. The average Bonchev–Trinajstić information content (AvgIpc) is 3.17. The van der Waals surface area contributed by atoms with Gasteiger partial charge in [-0.15, -0.1) is 0 Å². The van der Waals surface area contributed by atoms with E-state index in [2.05, 4.69) is 47.5 Å². The second-order valence-electron chi connectivity index (χ2n) is 10.3. The van der Waals surface area contributed by atoms with Crippen molar-refractivity contribution in [1.29, 1.82) is 0 Å². The van der Waals surface area contributed by atoms with Gasteiger partial charge in [-0.1, -0.05) is 12.1 Å². The smallest absolute Gasteiger partial charge is 0.246 e. The molecular weight excluding hydrogens is 479 g/mol. The second-order valence-corrected chi connectivity index (χ2v) is 10.3. The van der Waals surface area contributed by atoms with Crippen LogP contribution in [0.15, 0.2) is 48.5 Å². The predicted octanol–water partition coefficient (Wildman–Crippen LogP) is 4.84. The molecule has 0 saturated carbocycles. The van der Waals surface area contributed by atoms with E-state index in [9.17, 15) is 9.18 Å².